The Morgan fingerprint density at radius 2 is 1.88 bits per heavy atom. The fourth-order valence-electron chi connectivity index (χ4n) is 2.51. The molecule has 5 nitrogen and oxygen atoms in total. The number of anilines is 1. The van der Waals surface area contributed by atoms with Gasteiger partial charge in [0.15, 0.2) is 0 Å². The standard InChI is InChI=1S/C19H25N3O2/c1-14-6-5-7-16(12-14)21-19(23)20-13-18(22(2)3)15-8-10-17(24-4)11-9-15/h5-12,18H,13H2,1-4H3,(H2,20,21,23). The van der Waals surface area contributed by atoms with Crippen molar-refractivity contribution in [2.45, 2.75) is 13.0 Å². The number of urea groups is 1. The van der Waals surface area contributed by atoms with E-state index in [0.717, 1.165) is 22.6 Å². The van der Waals surface area contributed by atoms with Gasteiger partial charge in [-0.1, -0.05) is 24.3 Å². The summed E-state index contributed by atoms with van der Waals surface area (Å²) in [5.41, 5.74) is 3.02. The monoisotopic (exact) mass is 327 g/mol. The number of likely N-dealkylation sites (N-methyl/N-ethyl adjacent to an activating group) is 1. The third-order valence-electron chi connectivity index (χ3n) is 3.86. The molecule has 1 unspecified atom stereocenters. The molecule has 0 aromatic heterocycles. The van der Waals surface area contributed by atoms with Gasteiger partial charge in [-0.15, -0.1) is 0 Å². The molecule has 128 valence electrons. The fourth-order valence-corrected chi connectivity index (χ4v) is 2.51. The van der Waals surface area contributed by atoms with Crippen molar-refractivity contribution in [3.63, 3.8) is 0 Å². The average Bonchev–Trinajstić information content (AvgIpc) is 2.55. The number of hydrogen-bond donors (Lipinski definition) is 2. The molecule has 2 amide bonds. The second-order valence-electron chi connectivity index (χ2n) is 5.96. The van der Waals surface area contributed by atoms with E-state index < -0.39 is 0 Å². The molecular weight excluding hydrogens is 302 g/mol. The summed E-state index contributed by atoms with van der Waals surface area (Å²) in [7, 11) is 5.64. The summed E-state index contributed by atoms with van der Waals surface area (Å²) in [6.45, 7) is 2.51. The first-order valence-corrected chi connectivity index (χ1v) is 7.91. The summed E-state index contributed by atoms with van der Waals surface area (Å²) in [6.07, 6.45) is 0. The molecule has 0 spiro atoms. The maximum absolute atomic E-state index is 12.1. The first kappa shape index (κ1) is 17.8. The van der Waals surface area contributed by atoms with Crippen LogP contribution in [0.5, 0.6) is 5.75 Å². The van der Waals surface area contributed by atoms with E-state index in [1.165, 1.54) is 0 Å². The summed E-state index contributed by atoms with van der Waals surface area (Å²) in [4.78, 5) is 14.2. The highest BCUT2D eigenvalue weighted by molar-refractivity contribution is 5.89. The number of ether oxygens (including phenoxy) is 1. The zero-order valence-corrected chi connectivity index (χ0v) is 14.7. The highest BCUT2D eigenvalue weighted by atomic mass is 16.5. The molecule has 0 aliphatic heterocycles. The minimum Gasteiger partial charge on any atom is -0.497 e. The maximum Gasteiger partial charge on any atom is 0.319 e. The number of amides is 2. The van der Waals surface area contributed by atoms with Crippen molar-refractivity contribution in [1.29, 1.82) is 0 Å². The highest BCUT2D eigenvalue weighted by Crippen LogP contribution is 2.20. The quantitative estimate of drug-likeness (QED) is 0.855. The Hall–Kier alpha value is -2.53. The molecule has 0 aliphatic carbocycles. The zero-order valence-electron chi connectivity index (χ0n) is 14.7. The Bertz CT molecular complexity index is 669. The Morgan fingerprint density at radius 3 is 2.46 bits per heavy atom. The van der Waals surface area contributed by atoms with Crippen LogP contribution in [0.4, 0.5) is 10.5 Å². The molecule has 0 saturated heterocycles. The Morgan fingerprint density at radius 1 is 1.17 bits per heavy atom. The Kier molecular flexibility index (Phi) is 6.21. The summed E-state index contributed by atoms with van der Waals surface area (Å²) in [5.74, 6) is 0.821. The van der Waals surface area contributed by atoms with Gasteiger partial charge in [-0.2, -0.15) is 0 Å². The number of benzene rings is 2. The average molecular weight is 327 g/mol. The first-order valence-electron chi connectivity index (χ1n) is 7.91. The van der Waals surface area contributed by atoms with Crippen molar-refractivity contribution in [2.24, 2.45) is 0 Å². The molecule has 5 heteroatoms. The number of rotatable bonds is 6. The fraction of sp³-hybridized carbons (Fsp3) is 0.316. The molecule has 0 aliphatic rings. The Balaban J connectivity index is 1.96. The minimum atomic E-state index is -0.207. The van der Waals surface area contributed by atoms with Gasteiger partial charge in [-0.3, -0.25) is 0 Å². The molecule has 24 heavy (non-hydrogen) atoms. The first-order chi connectivity index (χ1) is 11.5. The van der Waals surface area contributed by atoms with Crippen LogP contribution >= 0.6 is 0 Å². The predicted octanol–water partition coefficient (Wildman–Crippen LogP) is 3.43. The van der Waals surface area contributed by atoms with Crippen LogP contribution in [0.2, 0.25) is 0 Å². The number of hydrogen-bond acceptors (Lipinski definition) is 3. The van der Waals surface area contributed by atoms with E-state index in [1.807, 2.05) is 69.6 Å². The Labute approximate surface area is 143 Å². The SMILES string of the molecule is COc1ccc(C(CNC(=O)Nc2cccc(C)c2)N(C)C)cc1. The van der Waals surface area contributed by atoms with Gasteiger partial charge < -0.3 is 20.3 Å². The van der Waals surface area contributed by atoms with Crippen LogP contribution in [0.15, 0.2) is 48.5 Å². The number of nitrogens with zero attached hydrogens (tertiary/aromatic N) is 1. The lowest BCUT2D eigenvalue weighted by molar-refractivity contribution is 0.243. The number of carbonyl (C=O) groups excluding carboxylic acids is 1. The van der Waals surface area contributed by atoms with Crippen LogP contribution in [-0.2, 0) is 0 Å². The number of aryl methyl sites for hydroxylation is 1. The van der Waals surface area contributed by atoms with Gasteiger partial charge in [-0.25, -0.2) is 4.79 Å². The van der Waals surface area contributed by atoms with E-state index in [-0.39, 0.29) is 12.1 Å². The minimum absolute atomic E-state index is 0.0826. The highest BCUT2D eigenvalue weighted by Gasteiger charge is 2.15. The molecule has 1 atom stereocenters. The lowest BCUT2D eigenvalue weighted by Crippen LogP contribution is -2.36. The van der Waals surface area contributed by atoms with E-state index in [4.69, 9.17) is 4.74 Å². The van der Waals surface area contributed by atoms with E-state index in [2.05, 4.69) is 15.5 Å². The molecule has 2 aromatic carbocycles. The van der Waals surface area contributed by atoms with Crippen molar-refractivity contribution in [1.82, 2.24) is 10.2 Å². The third kappa shape index (κ3) is 4.99. The number of nitrogens with one attached hydrogen (secondary N) is 2. The van der Waals surface area contributed by atoms with Gasteiger partial charge in [0.25, 0.3) is 0 Å². The van der Waals surface area contributed by atoms with Crippen molar-refractivity contribution < 1.29 is 9.53 Å². The van der Waals surface area contributed by atoms with Gasteiger partial charge in [0.2, 0.25) is 0 Å². The van der Waals surface area contributed by atoms with Gasteiger partial charge in [-0.05, 0) is 56.4 Å². The molecule has 0 heterocycles. The van der Waals surface area contributed by atoms with Crippen molar-refractivity contribution in [2.75, 3.05) is 33.1 Å². The second kappa shape index (κ2) is 8.36. The topological polar surface area (TPSA) is 53.6 Å². The van der Waals surface area contributed by atoms with Gasteiger partial charge in [0.05, 0.1) is 13.2 Å². The van der Waals surface area contributed by atoms with Gasteiger partial charge >= 0.3 is 6.03 Å². The van der Waals surface area contributed by atoms with E-state index in [9.17, 15) is 4.79 Å². The molecule has 0 bridgehead atoms. The summed E-state index contributed by atoms with van der Waals surface area (Å²) in [6, 6.07) is 15.5. The van der Waals surface area contributed by atoms with Crippen molar-refractivity contribution in [3.8, 4) is 5.75 Å². The van der Waals surface area contributed by atoms with Crippen LogP contribution in [0.3, 0.4) is 0 Å². The third-order valence-corrected chi connectivity index (χ3v) is 3.86. The van der Waals surface area contributed by atoms with Crippen LogP contribution in [-0.4, -0.2) is 38.7 Å². The molecule has 0 fully saturated rings. The molecule has 2 aromatic rings. The van der Waals surface area contributed by atoms with Crippen LogP contribution in [0.25, 0.3) is 0 Å². The largest absolute Gasteiger partial charge is 0.497 e. The van der Waals surface area contributed by atoms with Crippen LogP contribution < -0.4 is 15.4 Å². The lowest BCUT2D eigenvalue weighted by Gasteiger charge is -2.25. The van der Waals surface area contributed by atoms with E-state index >= 15 is 0 Å². The van der Waals surface area contributed by atoms with Crippen molar-refractivity contribution in [3.05, 3.63) is 59.7 Å². The summed E-state index contributed by atoms with van der Waals surface area (Å²) < 4.78 is 5.19. The van der Waals surface area contributed by atoms with Crippen molar-refractivity contribution >= 4 is 11.7 Å². The van der Waals surface area contributed by atoms with Gasteiger partial charge in [0.1, 0.15) is 5.75 Å². The van der Waals surface area contributed by atoms with Crippen LogP contribution in [0, 0.1) is 6.92 Å². The summed E-state index contributed by atoms with van der Waals surface area (Å²) >= 11 is 0. The maximum atomic E-state index is 12.1. The van der Waals surface area contributed by atoms with E-state index in [0.29, 0.717) is 6.54 Å². The lowest BCUT2D eigenvalue weighted by atomic mass is 10.1. The predicted molar refractivity (Wildman–Crippen MR) is 97.6 cm³/mol. The molecule has 0 radical (unpaired) electrons. The molecular formula is C19H25N3O2. The molecule has 0 saturated carbocycles. The normalized spacial score (nSPS) is 11.9. The molecule has 2 N–H and O–H groups in total. The second-order valence-corrected chi connectivity index (χ2v) is 5.96. The smallest absolute Gasteiger partial charge is 0.319 e. The number of methoxy groups -OCH3 is 1. The summed E-state index contributed by atoms with van der Waals surface area (Å²) in [5, 5.41) is 5.79. The molecule has 2 rings (SSSR count). The van der Waals surface area contributed by atoms with E-state index in [1.54, 1.807) is 7.11 Å². The van der Waals surface area contributed by atoms with Gasteiger partial charge in [0, 0.05) is 12.2 Å². The number of carbonyl (C=O) groups is 1. The zero-order chi connectivity index (χ0) is 17.5. The van der Waals surface area contributed by atoms with Crippen LogP contribution in [0.1, 0.15) is 17.2 Å².